The molecule has 2 N–H and O–H groups in total. The van der Waals surface area contributed by atoms with Crippen LogP contribution >= 0.6 is 0 Å². The molecule has 0 saturated heterocycles. The van der Waals surface area contributed by atoms with E-state index in [4.69, 9.17) is 5.73 Å². The van der Waals surface area contributed by atoms with E-state index in [0.717, 1.165) is 19.4 Å². The molecule has 0 aliphatic heterocycles. The molecule has 2 heteroatoms. The Balaban J connectivity index is 3.44. The van der Waals surface area contributed by atoms with E-state index in [2.05, 4.69) is 36.1 Å². The molecule has 1 atom stereocenters. The van der Waals surface area contributed by atoms with Crippen LogP contribution in [0.5, 0.6) is 0 Å². The van der Waals surface area contributed by atoms with Gasteiger partial charge in [-0.15, -0.1) is 0 Å². The molecular weight excluding hydrogens is 160 g/mol. The third-order valence-corrected chi connectivity index (χ3v) is 1.96. The highest BCUT2D eigenvalue weighted by molar-refractivity contribution is 5.02. The minimum absolute atomic E-state index is 0.152. The Bertz CT molecular complexity index is 159. The molecule has 0 fully saturated rings. The van der Waals surface area contributed by atoms with Crippen molar-refractivity contribution in [1.29, 1.82) is 0 Å². The molecule has 0 aliphatic rings. The lowest BCUT2D eigenvalue weighted by Crippen LogP contribution is -2.36. The monoisotopic (exact) mass is 182 g/mol. The normalized spacial score (nSPS) is 14.8. The second kappa shape index (κ2) is 8.02. The lowest BCUT2D eigenvalue weighted by Gasteiger charge is -2.19. The number of rotatable bonds is 6. The van der Waals surface area contributed by atoms with Crippen LogP contribution in [0.25, 0.3) is 0 Å². The van der Waals surface area contributed by atoms with Crippen molar-refractivity contribution >= 4 is 0 Å². The number of nitrogens with two attached hydrogens (primary N) is 1. The molecule has 0 spiro atoms. The Morgan fingerprint density at radius 1 is 1.31 bits per heavy atom. The summed E-state index contributed by atoms with van der Waals surface area (Å²) < 4.78 is 0. The fourth-order valence-corrected chi connectivity index (χ4v) is 0.871. The third kappa shape index (κ3) is 7.75. The minimum Gasteiger partial charge on any atom is -0.316 e. The predicted molar refractivity (Wildman–Crippen MR) is 59.5 cm³/mol. The summed E-state index contributed by atoms with van der Waals surface area (Å²) in [5.74, 6) is 0. The maximum Gasteiger partial charge on any atom is 0.0540 e. The molecule has 0 aromatic rings. The Hall–Kier alpha value is -0.600. The van der Waals surface area contributed by atoms with Crippen molar-refractivity contribution in [1.82, 2.24) is 4.90 Å². The van der Waals surface area contributed by atoms with Crippen LogP contribution in [0.15, 0.2) is 24.3 Å². The number of hydrogen-bond acceptors (Lipinski definition) is 2. The summed E-state index contributed by atoms with van der Waals surface area (Å²) in [6, 6.07) is 0. The first-order valence-corrected chi connectivity index (χ1v) is 4.96. The highest BCUT2D eigenvalue weighted by Gasteiger charge is 1.99. The maximum atomic E-state index is 5.69. The Morgan fingerprint density at radius 3 is 2.46 bits per heavy atom. The molecule has 1 unspecified atom stereocenters. The number of allylic oxidation sites excluding steroid dienone is 3. The van der Waals surface area contributed by atoms with Gasteiger partial charge in [0.25, 0.3) is 0 Å². The Kier molecular flexibility index (Phi) is 7.65. The fourth-order valence-electron chi connectivity index (χ4n) is 0.871. The molecule has 13 heavy (non-hydrogen) atoms. The standard InChI is InChI=1S/C11H22N2/c1-4-5-6-7-8-9-10-13(3)11(2)12/h5-8,11H,4,9-10,12H2,1-3H3. The second-order valence-electron chi connectivity index (χ2n) is 3.27. The van der Waals surface area contributed by atoms with Gasteiger partial charge in [-0.1, -0.05) is 31.2 Å². The van der Waals surface area contributed by atoms with Crippen molar-refractivity contribution in [2.75, 3.05) is 13.6 Å². The summed E-state index contributed by atoms with van der Waals surface area (Å²) in [6.07, 6.45) is 10.8. The van der Waals surface area contributed by atoms with Crippen LogP contribution in [0.4, 0.5) is 0 Å². The van der Waals surface area contributed by atoms with Crippen molar-refractivity contribution in [3.8, 4) is 0 Å². The third-order valence-electron chi connectivity index (χ3n) is 1.96. The van der Waals surface area contributed by atoms with E-state index in [-0.39, 0.29) is 6.17 Å². The lowest BCUT2D eigenvalue weighted by atomic mass is 10.3. The van der Waals surface area contributed by atoms with Gasteiger partial charge in [-0.3, -0.25) is 4.90 Å². The van der Waals surface area contributed by atoms with Gasteiger partial charge in [-0.2, -0.15) is 0 Å². The van der Waals surface area contributed by atoms with E-state index in [1.165, 1.54) is 0 Å². The van der Waals surface area contributed by atoms with Crippen LogP contribution in [0.3, 0.4) is 0 Å². The van der Waals surface area contributed by atoms with Gasteiger partial charge in [-0.05, 0) is 26.8 Å². The van der Waals surface area contributed by atoms with E-state index in [9.17, 15) is 0 Å². The molecule has 0 radical (unpaired) electrons. The van der Waals surface area contributed by atoms with Gasteiger partial charge in [0.1, 0.15) is 0 Å². The summed E-state index contributed by atoms with van der Waals surface area (Å²) >= 11 is 0. The van der Waals surface area contributed by atoms with Gasteiger partial charge in [0.2, 0.25) is 0 Å². The van der Waals surface area contributed by atoms with Crippen molar-refractivity contribution in [2.45, 2.75) is 32.9 Å². The van der Waals surface area contributed by atoms with Gasteiger partial charge < -0.3 is 5.73 Å². The summed E-state index contributed by atoms with van der Waals surface area (Å²) in [7, 11) is 2.04. The van der Waals surface area contributed by atoms with E-state index < -0.39 is 0 Å². The average molecular weight is 182 g/mol. The lowest BCUT2D eigenvalue weighted by molar-refractivity contribution is 0.268. The highest BCUT2D eigenvalue weighted by Crippen LogP contribution is 1.92. The van der Waals surface area contributed by atoms with Gasteiger partial charge in [0.05, 0.1) is 6.17 Å². The number of nitrogens with zero attached hydrogens (tertiary/aromatic N) is 1. The molecule has 0 aromatic heterocycles. The van der Waals surface area contributed by atoms with Crippen LogP contribution in [-0.4, -0.2) is 24.7 Å². The Morgan fingerprint density at radius 2 is 1.92 bits per heavy atom. The largest absolute Gasteiger partial charge is 0.316 e. The van der Waals surface area contributed by atoms with E-state index in [0.29, 0.717) is 0 Å². The van der Waals surface area contributed by atoms with Crippen LogP contribution in [-0.2, 0) is 0 Å². The van der Waals surface area contributed by atoms with Gasteiger partial charge in [0.15, 0.2) is 0 Å². The summed E-state index contributed by atoms with van der Waals surface area (Å²) in [5.41, 5.74) is 5.69. The van der Waals surface area contributed by atoms with E-state index in [1.54, 1.807) is 0 Å². The van der Waals surface area contributed by atoms with E-state index in [1.807, 2.05) is 14.0 Å². The zero-order valence-corrected chi connectivity index (χ0v) is 9.03. The molecule has 0 aliphatic carbocycles. The second-order valence-corrected chi connectivity index (χ2v) is 3.27. The molecule has 2 nitrogen and oxygen atoms in total. The van der Waals surface area contributed by atoms with Crippen molar-refractivity contribution in [3.63, 3.8) is 0 Å². The zero-order chi connectivity index (χ0) is 10.1. The quantitative estimate of drug-likeness (QED) is 0.503. The first-order valence-electron chi connectivity index (χ1n) is 4.96. The van der Waals surface area contributed by atoms with Gasteiger partial charge >= 0.3 is 0 Å². The zero-order valence-electron chi connectivity index (χ0n) is 9.03. The summed E-state index contributed by atoms with van der Waals surface area (Å²) in [6.45, 7) is 5.16. The molecule has 0 saturated carbocycles. The van der Waals surface area contributed by atoms with Crippen LogP contribution in [0.2, 0.25) is 0 Å². The van der Waals surface area contributed by atoms with Crippen LogP contribution < -0.4 is 5.73 Å². The molecular formula is C11H22N2. The van der Waals surface area contributed by atoms with Gasteiger partial charge in [-0.25, -0.2) is 0 Å². The molecule has 0 aromatic carbocycles. The van der Waals surface area contributed by atoms with Crippen molar-refractivity contribution in [2.24, 2.45) is 5.73 Å². The topological polar surface area (TPSA) is 29.3 Å². The van der Waals surface area contributed by atoms with Crippen molar-refractivity contribution in [3.05, 3.63) is 24.3 Å². The Labute approximate surface area is 82.1 Å². The highest BCUT2D eigenvalue weighted by atomic mass is 15.2. The first-order chi connectivity index (χ1) is 6.18. The van der Waals surface area contributed by atoms with Gasteiger partial charge in [0, 0.05) is 6.54 Å². The first kappa shape index (κ1) is 12.4. The fraction of sp³-hybridized carbons (Fsp3) is 0.636. The smallest absolute Gasteiger partial charge is 0.0540 e. The van der Waals surface area contributed by atoms with Crippen molar-refractivity contribution < 1.29 is 0 Å². The molecule has 76 valence electrons. The number of hydrogen-bond donors (Lipinski definition) is 1. The minimum atomic E-state index is 0.152. The predicted octanol–water partition coefficient (Wildman–Crippen LogP) is 2.14. The summed E-state index contributed by atoms with van der Waals surface area (Å²) in [4.78, 5) is 2.13. The van der Waals surface area contributed by atoms with Crippen LogP contribution in [0.1, 0.15) is 26.7 Å². The molecule has 0 heterocycles. The average Bonchev–Trinajstić information content (AvgIpc) is 2.10. The molecule has 0 bridgehead atoms. The summed E-state index contributed by atoms with van der Waals surface area (Å²) in [5, 5.41) is 0. The van der Waals surface area contributed by atoms with Crippen LogP contribution in [0, 0.1) is 0 Å². The molecule has 0 rings (SSSR count). The van der Waals surface area contributed by atoms with E-state index >= 15 is 0 Å². The maximum absolute atomic E-state index is 5.69. The SMILES string of the molecule is CCC=CC=CCCN(C)C(C)N. The molecule has 0 amide bonds.